The second-order valence-electron chi connectivity index (χ2n) is 2.58. The van der Waals surface area contributed by atoms with E-state index in [0.717, 1.165) is 38.3 Å². The lowest BCUT2D eigenvalue weighted by Gasteiger charge is -2.22. The largest absolute Gasteiger partial charge is 0.370 e. The van der Waals surface area contributed by atoms with Gasteiger partial charge in [0.2, 0.25) is 6.29 Å². The van der Waals surface area contributed by atoms with E-state index in [0.29, 0.717) is 0 Å². The highest BCUT2D eigenvalue weighted by atomic mass is 16.5. The molecule has 1 aliphatic heterocycles. The van der Waals surface area contributed by atoms with Gasteiger partial charge in [0.05, 0.1) is 13.2 Å². The molecule has 0 radical (unpaired) electrons. The van der Waals surface area contributed by atoms with Gasteiger partial charge < -0.3 is 4.74 Å². The number of carbonyl (C=O) groups is 1. The standard InChI is InChI=1S/C8H13NO2/c1-2-8(7-10)9-3-5-11-6-4-9/h2,7H,3-6H2,1H3/p+1/b8-2-. The second kappa shape index (κ2) is 4.26. The molecule has 0 saturated carbocycles. The zero-order valence-electron chi connectivity index (χ0n) is 6.80. The van der Waals surface area contributed by atoms with Crippen LogP contribution in [0.15, 0.2) is 11.8 Å². The van der Waals surface area contributed by atoms with Crippen molar-refractivity contribution in [1.29, 1.82) is 0 Å². The number of aldehydes is 1. The number of allylic oxidation sites excluding steroid dienone is 2. The lowest BCUT2D eigenvalue weighted by Crippen LogP contribution is -3.12. The van der Waals surface area contributed by atoms with Gasteiger partial charge in [0.1, 0.15) is 13.1 Å². The Morgan fingerprint density at radius 3 is 2.55 bits per heavy atom. The molecule has 0 aromatic rings. The number of quaternary nitrogens is 1. The summed E-state index contributed by atoms with van der Waals surface area (Å²) in [5.74, 6) is 0. The minimum absolute atomic E-state index is 0.764. The topological polar surface area (TPSA) is 30.7 Å². The number of hydrogen-bond acceptors (Lipinski definition) is 2. The molecular weight excluding hydrogens is 142 g/mol. The summed E-state index contributed by atoms with van der Waals surface area (Å²) < 4.78 is 5.17. The fraction of sp³-hybridized carbons (Fsp3) is 0.625. The number of ether oxygens (including phenoxy) is 1. The summed E-state index contributed by atoms with van der Waals surface area (Å²) in [5, 5.41) is 0. The van der Waals surface area contributed by atoms with Crippen LogP contribution in [0.3, 0.4) is 0 Å². The van der Waals surface area contributed by atoms with Crippen molar-refractivity contribution in [2.45, 2.75) is 6.92 Å². The predicted molar refractivity (Wildman–Crippen MR) is 41.3 cm³/mol. The van der Waals surface area contributed by atoms with Gasteiger partial charge in [0, 0.05) is 0 Å². The lowest BCUT2D eigenvalue weighted by molar-refractivity contribution is -0.864. The van der Waals surface area contributed by atoms with Crippen LogP contribution >= 0.6 is 0 Å². The van der Waals surface area contributed by atoms with Gasteiger partial charge >= 0.3 is 0 Å². The molecule has 62 valence electrons. The second-order valence-corrected chi connectivity index (χ2v) is 2.58. The Kier molecular flexibility index (Phi) is 3.26. The van der Waals surface area contributed by atoms with E-state index < -0.39 is 0 Å². The van der Waals surface area contributed by atoms with Crippen molar-refractivity contribution in [3.8, 4) is 0 Å². The van der Waals surface area contributed by atoms with Gasteiger partial charge in [-0.05, 0) is 13.0 Å². The van der Waals surface area contributed by atoms with E-state index in [9.17, 15) is 4.79 Å². The summed E-state index contributed by atoms with van der Waals surface area (Å²) in [4.78, 5) is 11.7. The Bertz CT molecular complexity index is 159. The SMILES string of the molecule is C/C=C(/C=O)[NH+]1CCOCC1. The number of nitrogens with one attached hydrogen (secondary N) is 1. The van der Waals surface area contributed by atoms with Gasteiger partial charge in [-0.2, -0.15) is 0 Å². The van der Waals surface area contributed by atoms with E-state index in [1.165, 1.54) is 4.90 Å². The highest BCUT2D eigenvalue weighted by molar-refractivity contribution is 5.69. The molecule has 0 amide bonds. The van der Waals surface area contributed by atoms with Gasteiger partial charge in [-0.25, -0.2) is 0 Å². The van der Waals surface area contributed by atoms with Crippen LogP contribution in [0.25, 0.3) is 0 Å². The first-order chi connectivity index (χ1) is 5.38. The molecule has 0 unspecified atom stereocenters. The maximum atomic E-state index is 10.5. The first kappa shape index (κ1) is 8.43. The predicted octanol–water partition coefficient (Wildman–Crippen LogP) is -0.996. The molecule has 0 spiro atoms. The van der Waals surface area contributed by atoms with Crippen LogP contribution in [0.1, 0.15) is 6.92 Å². The molecule has 0 atom stereocenters. The van der Waals surface area contributed by atoms with Gasteiger partial charge in [-0.3, -0.25) is 9.69 Å². The Hall–Kier alpha value is -0.670. The monoisotopic (exact) mass is 156 g/mol. The first-order valence-electron chi connectivity index (χ1n) is 3.92. The smallest absolute Gasteiger partial charge is 0.202 e. The molecule has 1 saturated heterocycles. The van der Waals surface area contributed by atoms with Gasteiger partial charge in [-0.1, -0.05) is 0 Å². The van der Waals surface area contributed by atoms with Crippen LogP contribution in [0.2, 0.25) is 0 Å². The van der Waals surface area contributed by atoms with Gasteiger partial charge in [0.25, 0.3) is 0 Å². The van der Waals surface area contributed by atoms with E-state index in [1.807, 2.05) is 13.0 Å². The molecule has 0 bridgehead atoms. The number of morpholine rings is 1. The van der Waals surface area contributed by atoms with Crippen LogP contribution in [0, 0.1) is 0 Å². The Labute approximate surface area is 66.6 Å². The maximum absolute atomic E-state index is 10.5. The summed E-state index contributed by atoms with van der Waals surface area (Å²) >= 11 is 0. The average molecular weight is 156 g/mol. The molecule has 1 rings (SSSR count). The van der Waals surface area contributed by atoms with Crippen LogP contribution in [-0.4, -0.2) is 32.6 Å². The van der Waals surface area contributed by atoms with Crippen molar-refractivity contribution in [2.24, 2.45) is 0 Å². The quantitative estimate of drug-likeness (QED) is 0.411. The van der Waals surface area contributed by atoms with Crippen molar-refractivity contribution in [3.05, 3.63) is 11.8 Å². The molecule has 3 heteroatoms. The third kappa shape index (κ3) is 2.13. The van der Waals surface area contributed by atoms with E-state index in [1.54, 1.807) is 0 Å². The van der Waals surface area contributed by atoms with E-state index in [4.69, 9.17) is 4.74 Å². The van der Waals surface area contributed by atoms with Crippen LogP contribution < -0.4 is 4.90 Å². The fourth-order valence-corrected chi connectivity index (χ4v) is 1.26. The molecule has 1 aliphatic rings. The molecule has 1 heterocycles. The molecular formula is C8H14NO2+. The van der Waals surface area contributed by atoms with E-state index in [2.05, 4.69) is 0 Å². The lowest BCUT2D eigenvalue weighted by atomic mass is 10.3. The Morgan fingerprint density at radius 1 is 1.45 bits per heavy atom. The zero-order valence-corrected chi connectivity index (χ0v) is 6.80. The van der Waals surface area contributed by atoms with Crippen molar-refractivity contribution < 1.29 is 14.4 Å². The van der Waals surface area contributed by atoms with Crippen molar-refractivity contribution in [3.63, 3.8) is 0 Å². The summed E-state index contributed by atoms with van der Waals surface area (Å²) in [7, 11) is 0. The maximum Gasteiger partial charge on any atom is 0.202 e. The average Bonchev–Trinajstić information content (AvgIpc) is 2.09. The zero-order chi connectivity index (χ0) is 8.10. The highest BCUT2D eigenvalue weighted by Crippen LogP contribution is 1.81. The van der Waals surface area contributed by atoms with Crippen molar-refractivity contribution in [1.82, 2.24) is 0 Å². The first-order valence-corrected chi connectivity index (χ1v) is 3.92. The van der Waals surface area contributed by atoms with Crippen LogP contribution in [-0.2, 0) is 9.53 Å². The van der Waals surface area contributed by atoms with Crippen LogP contribution in [0.5, 0.6) is 0 Å². The minimum Gasteiger partial charge on any atom is -0.370 e. The molecule has 1 N–H and O–H groups in total. The summed E-state index contributed by atoms with van der Waals surface area (Å²) in [6.07, 6.45) is 2.80. The minimum atomic E-state index is 0.764. The molecule has 0 aliphatic carbocycles. The number of rotatable bonds is 2. The molecule has 0 aromatic heterocycles. The highest BCUT2D eigenvalue weighted by Gasteiger charge is 2.17. The van der Waals surface area contributed by atoms with Crippen LogP contribution in [0.4, 0.5) is 0 Å². The van der Waals surface area contributed by atoms with Crippen molar-refractivity contribution in [2.75, 3.05) is 26.3 Å². The molecule has 3 nitrogen and oxygen atoms in total. The van der Waals surface area contributed by atoms with E-state index in [-0.39, 0.29) is 0 Å². The summed E-state index contributed by atoms with van der Waals surface area (Å²) in [6, 6.07) is 0. The molecule has 11 heavy (non-hydrogen) atoms. The summed E-state index contributed by atoms with van der Waals surface area (Å²) in [6.45, 7) is 5.25. The summed E-state index contributed by atoms with van der Waals surface area (Å²) in [5.41, 5.74) is 0.855. The van der Waals surface area contributed by atoms with Gasteiger partial charge in [-0.15, -0.1) is 0 Å². The number of hydrogen-bond donors (Lipinski definition) is 1. The third-order valence-corrected chi connectivity index (χ3v) is 1.94. The Balaban J connectivity index is 2.49. The van der Waals surface area contributed by atoms with Gasteiger partial charge in [0.15, 0.2) is 5.70 Å². The fourth-order valence-electron chi connectivity index (χ4n) is 1.26. The van der Waals surface area contributed by atoms with E-state index >= 15 is 0 Å². The molecule has 0 aromatic carbocycles. The normalized spacial score (nSPS) is 21.7. The van der Waals surface area contributed by atoms with Crippen molar-refractivity contribution >= 4 is 6.29 Å². The molecule has 1 fully saturated rings. The number of carbonyl (C=O) groups excluding carboxylic acids is 1. The Morgan fingerprint density at radius 2 is 2.09 bits per heavy atom. The third-order valence-electron chi connectivity index (χ3n) is 1.94.